The SMILES string of the molecule is CON=C1C[C@@H](CCC(=O)OC2CCCC2)N(C(=O)c2ccc(-c3ccccc3)cc2)C1. The van der Waals surface area contributed by atoms with Crippen molar-refractivity contribution >= 4 is 17.6 Å². The molecule has 1 amide bonds. The predicted molar refractivity (Wildman–Crippen MR) is 123 cm³/mol. The van der Waals surface area contributed by atoms with Gasteiger partial charge in [0.1, 0.15) is 13.2 Å². The minimum absolute atomic E-state index is 0.0555. The fourth-order valence-electron chi connectivity index (χ4n) is 4.60. The molecule has 0 unspecified atom stereocenters. The Morgan fingerprint density at radius 1 is 1.00 bits per heavy atom. The van der Waals surface area contributed by atoms with Crippen LogP contribution >= 0.6 is 0 Å². The summed E-state index contributed by atoms with van der Waals surface area (Å²) in [4.78, 5) is 32.3. The molecule has 1 aliphatic heterocycles. The summed E-state index contributed by atoms with van der Waals surface area (Å²) < 4.78 is 5.58. The second-order valence-corrected chi connectivity index (χ2v) is 8.51. The van der Waals surface area contributed by atoms with Crippen LogP contribution in [0.15, 0.2) is 59.8 Å². The number of likely N-dealkylation sites (tertiary alicyclic amines) is 1. The van der Waals surface area contributed by atoms with E-state index < -0.39 is 0 Å². The number of oxime groups is 1. The average molecular weight is 435 g/mol. The molecule has 0 radical (unpaired) electrons. The zero-order valence-electron chi connectivity index (χ0n) is 18.5. The highest BCUT2D eigenvalue weighted by atomic mass is 16.6. The minimum atomic E-state index is -0.173. The molecular weight excluding hydrogens is 404 g/mol. The van der Waals surface area contributed by atoms with Gasteiger partial charge in [-0.2, -0.15) is 0 Å². The van der Waals surface area contributed by atoms with Crippen LogP contribution in [-0.4, -0.2) is 48.3 Å². The van der Waals surface area contributed by atoms with Crippen LogP contribution in [-0.2, 0) is 14.4 Å². The van der Waals surface area contributed by atoms with Gasteiger partial charge in [0, 0.05) is 24.4 Å². The van der Waals surface area contributed by atoms with Gasteiger partial charge in [-0.15, -0.1) is 0 Å². The first-order chi connectivity index (χ1) is 15.6. The molecule has 4 rings (SSSR count). The van der Waals surface area contributed by atoms with Crippen LogP contribution in [0, 0.1) is 0 Å². The molecule has 0 N–H and O–H groups in total. The van der Waals surface area contributed by atoms with Gasteiger partial charge in [-0.05, 0) is 55.4 Å². The summed E-state index contributed by atoms with van der Waals surface area (Å²) in [5.41, 5.74) is 3.62. The zero-order valence-corrected chi connectivity index (χ0v) is 18.5. The van der Waals surface area contributed by atoms with E-state index >= 15 is 0 Å². The number of amides is 1. The molecule has 0 spiro atoms. The Labute approximate surface area is 189 Å². The van der Waals surface area contributed by atoms with Crippen molar-refractivity contribution in [2.24, 2.45) is 5.16 Å². The van der Waals surface area contributed by atoms with Gasteiger partial charge in [-0.3, -0.25) is 9.59 Å². The van der Waals surface area contributed by atoms with Crippen molar-refractivity contribution in [2.45, 2.75) is 57.1 Å². The Morgan fingerprint density at radius 2 is 1.69 bits per heavy atom. The molecule has 0 aromatic heterocycles. The lowest BCUT2D eigenvalue weighted by Gasteiger charge is -2.24. The normalized spacial score (nSPS) is 20.0. The summed E-state index contributed by atoms with van der Waals surface area (Å²) in [7, 11) is 1.51. The third kappa shape index (κ3) is 5.36. The summed E-state index contributed by atoms with van der Waals surface area (Å²) in [6.07, 6.45) is 5.72. The lowest BCUT2D eigenvalue weighted by atomic mass is 10.0. The van der Waals surface area contributed by atoms with Gasteiger partial charge in [-0.25, -0.2) is 0 Å². The van der Waals surface area contributed by atoms with Crippen molar-refractivity contribution in [3.8, 4) is 11.1 Å². The largest absolute Gasteiger partial charge is 0.462 e. The van der Waals surface area contributed by atoms with E-state index in [4.69, 9.17) is 9.57 Å². The van der Waals surface area contributed by atoms with Crippen LogP contribution in [0.2, 0.25) is 0 Å². The first-order valence-corrected chi connectivity index (χ1v) is 11.4. The van der Waals surface area contributed by atoms with E-state index in [-0.39, 0.29) is 24.0 Å². The predicted octanol–water partition coefficient (Wildman–Crippen LogP) is 4.84. The third-order valence-corrected chi connectivity index (χ3v) is 6.27. The van der Waals surface area contributed by atoms with Gasteiger partial charge in [0.25, 0.3) is 5.91 Å². The van der Waals surface area contributed by atoms with Crippen LogP contribution in [0.4, 0.5) is 0 Å². The monoisotopic (exact) mass is 434 g/mol. The Bertz CT molecular complexity index is 950. The number of nitrogens with zero attached hydrogens (tertiary/aromatic N) is 2. The molecule has 1 saturated heterocycles. The number of benzene rings is 2. The van der Waals surface area contributed by atoms with Crippen molar-refractivity contribution in [2.75, 3.05) is 13.7 Å². The maximum atomic E-state index is 13.3. The van der Waals surface area contributed by atoms with E-state index in [0.717, 1.165) is 42.5 Å². The number of ether oxygens (including phenoxy) is 1. The molecule has 6 heteroatoms. The molecule has 1 aliphatic carbocycles. The molecule has 6 nitrogen and oxygen atoms in total. The zero-order chi connectivity index (χ0) is 22.3. The summed E-state index contributed by atoms with van der Waals surface area (Å²) in [5.74, 6) is -0.228. The molecule has 2 aliphatic rings. The van der Waals surface area contributed by atoms with Gasteiger partial charge >= 0.3 is 5.97 Å². The van der Waals surface area contributed by atoms with Crippen molar-refractivity contribution in [3.05, 3.63) is 60.2 Å². The first-order valence-electron chi connectivity index (χ1n) is 11.4. The number of hydrogen-bond acceptors (Lipinski definition) is 5. The van der Waals surface area contributed by atoms with Crippen LogP contribution in [0.5, 0.6) is 0 Å². The van der Waals surface area contributed by atoms with Crippen LogP contribution in [0.1, 0.15) is 55.3 Å². The molecule has 2 fully saturated rings. The lowest BCUT2D eigenvalue weighted by molar-refractivity contribution is -0.149. The minimum Gasteiger partial charge on any atom is -0.462 e. The second-order valence-electron chi connectivity index (χ2n) is 8.51. The summed E-state index contributed by atoms with van der Waals surface area (Å²) in [5, 5.41) is 4.07. The summed E-state index contributed by atoms with van der Waals surface area (Å²) in [6, 6.07) is 17.6. The Kier molecular flexibility index (Phi) is 7.20. The van der Waals surface area contributed by atoms with Crippen molar-refractivity contribution in [1.82, 2.24) is 4.90 Å². The van der Waals surface area contributed by atoms with E-state index in [9.17, 15) is 9.59 Å². The van der Waals surface area contributed by atoms with E-state index in [1.54, 1.807) is 4.90 Å². The Hall–Kier alpha value is -3.15. The smallest absolute Gasteiger partial charge is 0.306 e. The lowest BCUT2D eigenvalue weighted by Crippen LogP contribution is -2.36. The van der Waals surface area contributed by atoms with Crippen molar-refractivity contribution < 1.29 is 19.2 Å². The highest BCUT2D eigenvalue weighted by Crippen LogP contribution is 2.26. The number of esters is 1. The number of carbonyl (C=O) groups excluding carboxylic acids is 2. The molecule has 32 heavy (non-hydrogen) atoms. The summed E-state index contributed by atoms with van der Waals surface area (Å²) in [6.45, 7) is 0.412. The Balaban J connectivity index is 1.42. The van der Waals surface area contributed by atoms with E-state index in [2.05, 4.69) is 5.16 Å². The van der Waals surface area contributed by atoms with Gasteiger partial charge in [0.15, 0.2) is 0 Å². The quantitative estimate of drug-likeness (QED) is 0.462. The van der Waals surface area contributed by atoms with Crippen molar-refractivity contribution in [1.29, 1.82) is 0 Å². The highest BCUT2D eigenvalue weighted by Gasteiger charge is 2.34. The fraction of sp³-hybridized carbons (Fsp3) is 0.423. The van der Waals surface area contributed by atoms with Gasteiger partial charge in [0.05, 0.1) is 12.3 Å². The molecule has 1 saturated carbocycles. The maximum Gasteiger partial charge on any atom is 0.306 e. The molecule has 2 aromatic rings. The number of rotatable bonds is 7. The van der Waals surface area contributed by atoms with E-state index in [1.807, 2.05) is 54.6 Å². The van der Waals surface area contributed by atoms with Crippen LogP contribution < -0.4 is 0 Å². The standard InChI is InChI=1S/C26H30N2O4/c1-31-27-22-17-23(15-16-25(29)32-24-9-5-6-10-24)28(18-22)26(30)21-13-11-20(12-14-21)19-7-3-2-4-8-19/h2-4,7-8,11-14,23-24H,5-6,9-10,15-18H2,1H3/t23-/m1/s1. The number of carbonyl (C=O) groups is 2. The van der Waals surface area contributed by atoms with E-state index in [0.29, 0.717) is 31.4 Å². The Morgan fingerprint density at radius 3 is 2.38 bits per heavy atom. The van der Waals surface area contributed by atoms with Gasteiger partial charge in [-0.1, -0.05) is 47.6 Å². The van der Waals surface area contributed by atoms with E-state index in [1.165, 1.54) is 7.11 Å². The maximum absolute atomic E-state index is 13.3. The molecule has 1 atom stereocenters. The van der Waals surface area contributed by atoms with Crippen LogP contribution in [0.3, 0.4) is 0 Å². The average Bonchev–Trinajstić information content (AvgIpc) is 3.48. The molecule has 2 aromatic carbocycles. The van der Waals surface area contributed by atoms with Gasteiger partial charge in [0.2, 0.25) is 0 Å². The molecule has 168 valence electrons. The summed E-state index contributed by atoms with van der Waals surface area (Å²) >= 11 is 0. The fourth-order valence-corrected chi connectivity index (χ4v) is 4.60. The molecule has 0 bridgehead atoms. The third-order valence-electron chi connectivity index (χ3n) is 6.27. The van der Waals surface area contributed by atoms with Crippen molar-refractivity contribution in [3.63, 3.8) is 0 Å². The second kappa shape index (κ2) is 10.4. The van der Waals surface area contributed by atoms with Crippen LogP contribution in [0.25, 0.3) is 11.1 Å². The molecule has 1 heterocycles. The number of hydrogen-bond donors (Lipinski definition) is 0. The molecular formula is C26H30N2O4. The topological polar surface area (TPSA) is 68.2 Å². The first kappa shape index (κ1) is 22.1. The highest BCUT2D eigenvalue weighted by molar-refractivity contribution is 6.00. The van der Waals surface area contributed by atoms with Gasteiger partial charge < -0.3 is 14.5 Å².